The van der Waals surface area contributed by atoms with Gasteiger partial charge < -0.3 is 9.84 Å². The molecule has 1 unspecified atom stereocenters. The van der Waals surface area contributed by atoms with Crippen LogP contribution < -0.4 is 19.6 Å². The van der Waals surface area contributed by atoms with Crippen molar-refractivity contribution < 1.29 is 9.84 Å². The quantitative estimate of drug-likeness (QED) is 0.488. The number of ether oxygens (including phenoxy) is 1. The first-order valence-electron chi connectivity index (χ1n) is 10.7. The fraction of sp³-hybridized carbons (Fsp3) is 0.154. The predicted molar refractivity (Wildman–Crippen MR) is 132 cm³/mol. The lowest BCUT2D eigenvalue weighted by atomic mass is 9.85. The second-order valence-electron chi connectivity index (χ2n) is 8.06. The molecule has 1 aliphatic heterocycles. The maximum Gasteiger partial charge on any atom is 0.271 e. The number of aromatic hydroxyl groups is 1. The number of allylic oxidation sites excluding steroid dienone is 1. The fourth-order valence-corrected chi connectivity index (χ4v) is 6.50. The second kappa shape index (κ2) is 7.86. The minimum Gasteiger partial charge on any atom is -0.504 e. The molecule has 2 aromatic carbocycles. The lowest BCUT2D eigenvalue weighted by Gasteiger charge is -2.30. The first kappa shape index (κ1) is 20.2. The van der Waals surface area contributed by atoms with Gasteiger partial charge in [0, 0.05) is 10.4 Å². The number of thiophene rings is 1. The van der Waals surface area contributed by atoms with Gasteiger partial charge in [0.1, 0.15) is 0 Å². The van der Waals surface area contributed by atoms with E-state index < -0.39 is 0 Å². The van der Waals surface area contributed by atoms with Gasteiger partial charge in [-0.25, -0.2) is 4.99 Å². The molecule has 0 fully saturated rings. The van der Waals surface area contributed by atoms with E-state index >= 15 is 0 Å². The Bertz CT molecular complexity index is 1590. The van der Waals surface area contributed by atoms with Crippen LogP contribution in [0.5, 0.6) is 11.5 Å². The number of aromatic nitrogens is 1. The molecule has 1 N–H and O–H groups in total. The van der Waals surface area contributed by atoms with Crippen LogP contribution in [0, 0.1) is 0 Å². The van der Waals surface area contributed by atoms with Crippen molar-refractivity contribution in [3.05, 3.63) is 107 Å². The molecule has 4 aromatic rings. The highest BCUT2D eigenvalue weighted by Crippen LogP contribution is 2.42. The van der Waals surface area contributed by atoms with Gasteiger partial charge in [-0.2, -0.15) is 0 Å². The van der Waals surface area contributed by atoms with E-state index in [-0.39, 0.29) is 17.4 Å². The summed E-state index contributed by atoms with van der Waals surface area (Å²) in [6.45, 7) is 0. The van der Waals surface area contributed by atoms with Crippen molar-refractivity contribution in [1.29, 1.82) is 0 Å². The lowest BCUT2D eigenvalue weighted by molar-refractivity contribution is 0.373. The summed E-state index contributed by atoms with van der Waals surface area (Å²) in [5.41, 5.74) is 5.43. The Kier molecular flexibility index (Phi) is 4.81. The summed E-state index contributed by atoms with van der Waals surface area (Å²) in [5, 5.41) is 12.0. The number of thiazole rings is 1. The number of phenols is 1. The van der Waals surface area contributed by atoms with Crippen LogP contribution in [0.3, 0.4) is 0 Å². The van der Waals surface area contributed by atoms with Crippen molar-refractivity contribution in [3.63, 3.8) is 0 Å². The van der Waals surface area contributed by atoms with Crippen LogP contribution in [0.1, 0.15) is 34.0 Å². The number of methoxy groups -OCH3 is 1. The van der Waals surface area contributed by atoms with E-state index in [0.717, 1.165) is 29.0 Å². The molecule has 2 aromatic heterocycles. The third kappa shape index (κ3) is 3.27. The van der Waals surface area contributed by atoms with E-state index in [1.54, 1.807) is 29.5 Å². The molecule has 6 rings (SSSR count). The van der Waals surface area contributed by atoms with Gasteiger partial charge in [0.2, 0.25) is 0 Å². The lowest BCUT2D eigenvalue weighted by Crippen LogP contribution is -2.38. The molecule has 164 valence electrons. The van der Waals surface area contributed by atoms with Gasteiger partial charge in [0.05, 0.1) is 23.4 Å². The van der Waals surface area contributed by atoms with E-state index in [1.165, 1.54) is 35.1 Å². The van der Waals surface area contributed by atoms with Crippen molar-refractivity contribution in [2.45, 2.75) is 18.9 Å². The van der Waals surface area contributed by atoms with Crippen LogP contribution in [0.25, 0.3) is 11.8 Å². The van der Waals surface area contributed by atoms with Crippen molar-refractivity contribution >= 4 is 34.4 Å². The first-order chi connectivity index (χ1) is 16.1. The summed E-state index contributed by atoms with van der Waals surface area (Å²) in [6.07, 6.45) is 3.68. The first-order valence-corrected chi connectivity index (χ1v) is 12.4. The van der Waals surface area contributed by atoms with Gasteiger partial charge in [-0.1, -0.05) is 47.7 Å². The van der Waals surface area contributed by atoms with E-state index in [2.05, 4.69) is 35.7 Å². The van der Waals surface area contributed by atoms with E-state index in [4.69, 9.17) is 9.73 Å². The Hall–Kier alpha value is -3.42. The SMILES string of the molecule is COc1cc(C=c2sc3n(c2=O)C(c2cccs2)C2=C(N=3)c3ccccc3CC2)ccc1O. The van der Waals surface area contributed by atoms with Gasteiger partial charge in [-0.15, -0.1) is 11.3 Å². The topological polar surface area (TPSA) is 63.8 Å². The number of benzene rings is 2. The zero-order valence-corrected chi connectivity index (χ0v) is 19.5. The molecule has 0 radical (unpaired) electrons. The van der Waals surface area contributed by atoms with Crippen molar-refractivity contribution in [3.8, 4) is 11.5 Å². The number of rotatable bonds is 3. The maximum atomic E-state index is 13.6. The standard InChI is InChI=1S/C26H20N2O3S2/c1-31-20-13-15(8-11-19(20)29)14-22-25(30)28-24(21-7-4-12-32-21)18-10-9-16-5-2-3-6-17(16)23(18)27-26(28)33-22/h2-8,11-14,24,29H,9-10H2,1H3. The number of hydrogen-bond donors (Lipinski definition) is 1. The highest BCUT2D eigenvalue weighted by atomic mass is 32.1. The summed E-state index contributed by atoms with van der Waals surface area (Å²) in [6, 6.07) is 17.5. The Morgan fingerprint density at radius 1 is 1.15 bits per heavy atom. The summed E-state index contributed by atoms with van der Waals surface area (Å²) in [4.78, 5) is 20.5. The largest absolute Gasteiger partial charge is 0.504 e. The van der Waals surface area contributed by atoms with Crippen molar-refractivity contribution in [2.75, 3.05) is 7.11 Å². The summed E-state index contributed by atoms with van der Waals surface area (Å²) in [5.74, 6) is 0.445. The average Bonchev–Trinajstić information content (AvgIpc) is 3.47. The van der Waals surface area contributed by atoms with Crippen LogP contribution >= 0.6 is 22.7 Å². The third-order valence-electron chi connectivity index (χ3n) is 6.19. The van der Waals surface area contributed by atoms with Gasteiger partial charge in [-0.3, -0.25) is 9.36 Å². The molecule has 2 aliphatic rings. The van der Waals surface area contributed by atoms with Crippen LogP contribution in [0.4, 0.5) is 0 Å². The monoisotopic (exact) mass is 472 g/mol. The van der Waals surface area contributed by atoms with Gasteiger partial charge >= 0.3 is 0 Å². The average molecular weight is 473 g/mol. The predicted octanol–water partition coefficient (Wildman–Crippen LogP) is 4.09. The smallest absolute Gasteiger partial charge is 0.271 e. The molecular weight excluding hydrogens is 452 g/mol. The Labute approximate surface area is 197 Å². The summed E-state index contributed by atoms with van der Waals surface area (Å²) >= 11 is 3.07. The normalized spacial score (nSPS) is 17.2. The second-order valence-corrected chi connectivity index (χ2v) is 10.0. The van der Waals surface area contributed by atoms with E-state index in [9.17, 15) is 9.90 Å². The molecular formula is C26H20N2O3S2. The van der Waals surface area contributed by atoms with Gasteiger partial charge in [0.25, 0.3) is 5.56 Å². The van der Waals surface area contributed by atoms with Crippen molar-refractivity contribution in [1.82, 2.24) is 4.57 Å². The Morgan fingerprint density at radius 2 is 2.03 bits per heavy atom. The number of hydrogen-bond acceptors (Lipinski definition) is 6. The van der Waals surface area contributed by atoms with E-state index in [0.29, 0.717) is 15.1 Å². The Balaban J connectivity index is 1.59. The minimum atomic E-state index is -0.138. The Morgan fingerprint density at radius 3 is 2.85 bits per heavy atom. The summed E-state index contributed by atoms with van der Waals surface area (Å²) in [7, 11) is 1.51. The molecule has 1 aliphatic carbocycles. The van der Waals surface area contributed by atoms with Gasteiger partial charge in [0.15, 0.2) is 16.3 Å². The fourth-order valence-electron chi connectivity index (χ4n) is 4.65. The zero-order chi connectivity index (χ0) is 22.5. The molecule has 7 heteroatoms. The molecule has 0 amide bonds. The number of aryl methyl sites for hydroxylation is 1. The molecule has 0 saturated carbocycles. The van der Waals surface area contributed by atoms with Crippen LogP contribution in [0.2, 0.25) is 0 Å². The molecule has 0 spiro atoms. The van der Waals surface area contributed by atoms with Crippen LogP contribution in [-0.4, -0.2) is 16.8 Å². The number of fused-ring (bicyclic) bond motifs is 3. The third-order valence-corrected chi connectivity index (χ3v) is 8.09. The van der Waals surface area contributed by atoms with Crippen molar-refractivity contribution in [2.24, 2.45) is 4.99 Å². The molecule has 3 heterocycles. The molecule has 5 nitrogen and oxygen atoms in total. The highest BCUT2D eigenvalue weighted by Gasteiger charge is 2.32. The van der Waals surface area contributed by atoms with Crippen LogP contribution in [-0.2, 0) is 6.42 Å². The summed E-state index contributed by atoms with van der Waals surface area (Å²) < 4.78 is 7.69. The maximum absolute atomic E-state index is 13.6. The molecule has 1 atom stereocenters. The molecule has 0 bridgehead atoms. The number of phenolic OH excluding ortho intramolecular Hbond substituents is 1. The zero-order valence-electron chi connectivity index (χ0n) is 17.8. The molecule has 0 saturated heterocycles. The molecule has 33 heavy (non-hydrogen) atoms. The van der Waals surface area contributed by atoms with Crippen LogP contribution in [0.15, 0.2) is 75.3 Å². The van der Waals surface area contributed by atoms with Gasteiger partial charge in [-0.05, 0) is 59.2 Å². The van der Waals surface area contributed by atoms with E-state index in [1.807, 2.05) is 16.7 Å². The minimum absolute atomic E-state index is 0.0467. The highest BCUT2D eigenvalue weighted by molar-refractivity contribution is 7.10. The number of nitrogens with zero attached hydrogens (tertiary/aromatic N) is 2.